The third kappa shape index (κ3) is 5.65. The van der Waals surface area contributed by atoms with E-state index in [0.29, 0.717) is 5.92 Å². The van der Waals surface area contributed by atoms with Crippen molar-refractivity contribution in [3.8, 4) is 5.75 Å². The van der Waals surface area contributed by atoms with Gasteiger partial charge in [-0.05, 0) is 86.3 Å². The van der Waals surface area contributed by atoms with Crippen molar-refractivity contribution in [1.82, 2.24) is 0 Å². The molecule has 2 aliphatic rings. The van der Waals surface area contributed by atoms with E-state index in [9.17, 15) is 13.2 Å². The molecule has 0 radical (unpaired) electrons. The van der Waals surface area contributed by atoms with Crippen LogP contribution in [-0.2, 0) is 6.42 Å². The van der Waals surface area contributed by atoms with E-state index in [0.717, 1.165) is 29.7 Å². The summed E-state index contributed by atoms with van der Waals surface area (Å²) in [6.45, 7) is 2.37. The van der Waals surface area contributed by atoms with E-state index < -0.39 is 6.36 Å². The Morgan fingerprint density at radius 1 is 0.840 bits per heavy atom. The van der Waals surface area contributed by atoms with E-state index in [2.05, 4.69) is 11.7 Å². The molecule has 0 unspecified atom stereocenters. The molecule has 0 atom stereocenters. The Bertz CT molecular complexity index is 521. The molecule has 3 rings (SSSR count). The summed E-state index contributed by atoms with van der Waals surface area (Å²) < 4.78 is 40.5. The Hall–Kier alpha value is -1.19. The average molecular weight is 354 g/mol. The lowest BCUT2D eigenvalue weighted by Crippen LogP contribution is -2.25. The maximum absolute atomic E-state index is 12.2. The summed E-state index contributed by atoms with van der Waals surface area (Å²) in [6.07, 6.45) is 7.17. The van der Waals surface area contributed by atoms with Crippen LogP contribution in [0.25, 0.3) is 0 Å². The summed E-state index contributed by atoms with van der Waals surface area (Å²) in [5, 5.41) is 0. The summed E-state index contributed by atoms with van der Waals surface area (Å²) in [5.41, 5.74) is 1.12. The highest BCUT2D eigenvalue weighted by atomic mass is 19.4. The van der Waals surface area contributed by atoms with Crippen LogP contribution in [-0.4, -0.2) is 6.36 Å². The Morgan fingerprint density at radius 2 is 1.36 bits per heavy atom. The lowest BCUT2D eigenvalue weighted by atomic mass is 9.69. The van der Waals surface area contributed by atoms with E-state index in [4.69, 9.17) is 0 Å². The molecular weight excluding hydrogens is 325 g/mol. The molecule has 2 aliphatic carbocycles. The second kappa shape index (κ2) is 8.01. The van der Waals surface area contributed by atoms with Crippen molar-refractivity contribution in [1.29, 1.82) is 0 Å². The first-order chi connectivity index (χ1) is 11.9. The molecule has 0 N–H and O–H groups in total. The second-order valence-electron chi connectivity index (χ2n) is 8.20. The van der Waals surface area contributed by atoms with Gasteiger partial charge in [-0.2, -0.15) is 0 Å². The van der Waals surface area contributed by atoms with E-state index in [-0.39, 0.29) is 5.75 Å². The Morgan fingerprint density at radius 3 is 1.88 bits per heavy atom. The zero-order chi connectivity index (χ0) is 17.9. The maximum Gasteiger partial charge on any atom is 0.573 e. The average Bonchev–Trinajstić information content (AvgIpc) is 2.57. The quantitative estimate of drug-likeness (QED) is 0.580. The minimum absolute atomic E-state index is 0.133. The lowest BCUT2D eigenvalue weighted by Gasteiger charge is -2.37. The molecule has 0 aliphatic heterocycles. The molecule has 2 fully saturated rings. The van der Waals surface area contributed by atoms with Gasteiger partial charge in [0.1, 0.15) is 5.75 Å². The molecule has 25 heavy (non-hydrogen) atoms. The zero-order valence-electron chi connectivity index (χ0n) is 15.0. The molecule has 1 nitrogen and oxygen atoms in total. The minimum Gasteiger partial charge on any atom is -0.406 e. The van der Waals surface area contributed by atoms with Crippen molar-refractivity contribution in [3.05, 3.63) is 29.8 Å². The van der Waals surface area contributed by atoms with Crippen LogP contribution in [0.5, 0.6) is 5.75 Å². The topological polar surface area (TPSA) is 9.23 Å². The first-order valence-corrected chi connectivity index (χ1v) is 9.74. The molecular formula is C21H29F3O. The second-order valence-corrected chi connectivity index (χ2v) is 8.20. The van der Waals surface area contributed by atoms with Crippen molar-refractivity contribution < 1.29 is 17.9 Å². The normalized spacial score (nSPS) is 30.9. The highest BCUT2D eigenvalue weighted by Crippen LogP contribution is 2.41. The van der Waals surface area contributed by atoms with Crippen molar-refractivity contribution in [2.75, 3.05) is 0 Å². The number of hydrogen-bond acceptors (Lipinski definition) is 1. The summed E-state index contributed by atoms with van der Waals surface area (Å²) in [7, 11) is 0. The minimum atomic E-state index is -4.61. The fourth-order valence-corrected chi connectivity index (χ4v) is 4.78. The first-order valence-electron chi connectivity index (χ1n) is 9.74. The monoisotopic (exact) mass is 354 g/mol. The van der Waals surface area contributed by atoms with Gasteiger partial charge in [0.15, 0.2) is 0 Å². The third-order valence-electron chi connectivity index (χ3n) is 6.30. The van der Waals surface area contributed by atoms with Gasteiger partial charge in [0.25, 0.3) is 0 Å². The van der Waals surface area contributed by atoms with Gasteiger partial charge in [0, 0.05) is 0 Å². The Labute approximate surface area is 149 Å². The predicted octanol–water partition coefficient (Wildman–Crippen LogP) is 6.76. The standard InChI is InChI=1S/C21H29F3O/c1-15-2-8-18(9-3-15)19-10-4-16(5-11-19)14-17-6-12-20(13-7-17)25-21(22,23)24/h6-7,12-13,15-16,18-19H,2-5,8-11,14H2,1H3. The van der Waals surface area contributed by atoms with Gasteiger partial charge in [0.2, 0.25) is 0 Å². The number of hydrogen-bond donors (Lipinski definition) is 0. The Balaban J connectivity index is 1.44. The predicted molar refractivity (Wildman–Crippen MR) is 93.4 cm³/mol. The van der Waals surface area contributed by atoms with E-state index in [1.807, 2.05) is 0 Å². The van der Waals surface area contributed by atoms with Crippen LogP contribution in [0.4, 0.5) is 13.2 Å². The van der Waals surface area contributed by atoms with Crippen LogP contribution >= 0.6 is 0 Å². The smallest absolute Gasteiger partial charge is 0.406 e. The number of halogens is 3. The van der Waals surface area contributed by atoms with Crippen molar-refractivity contribution in [2.45, 2.75) is 71.1 Å². The van der Waals surface area contributed by atoms with E-state index >= 15 is 0 Å². The summed E-state index contributed by atoms with van der Waals surface area (Å²) >= 11 is 0. The van der Waals surface area contributed by atoms with Crippen LogP contribution in [0.1, 0.15) is 63.9 Å². The van der Waals surface area contributed by atoms with Gasteiger partial charge in [0.05, 0.1) is 0 Å². The number of benzene rings is 1. The molecule has 0 bridgehead atoms. The number of alkyl halides is 3. The molecule has 1 aromatic rings. The van der Waals surface area contributed by atoms with Gasteiger partial charge in [-0.15, -0.1) is 13.2 Å². The van der Waals surface area contributed by atoms with Gasteiger partial charge in [-0.3, -0.25) is 0 Å². The summed E-state index contributed by atoms with van der Waals surface area (Å²) in [5.74, 6) is 3.30. The maximum atomic E-state index is 12.2. The van der Waals surface area contributed by atoms with Gasteiger partial charge in [-0.1, -0.05) is 31.9 Å². The molecule has 0 saturated heterocycles. The SMILES string of the molecule is CC1CCC(C2CCC(Cc3ccc(OC(F)(F)F)cc3)CC2)CC1. The number of rotatable bonds is 4. The molecule has 1 aromatic carbocycles. The van der Waals surface area contributed by atoms with Crippen LogP contribution in [0.15, 0.2) is 24.3 Å². The molecule has 4 heteroatoms. The van der Waals surface area contributed by atoms with E-state index in [1.165, 1.54) is 63.5 Å². The molecule has 0 aromatic heterocycles. The molecule has 0 amide bonds. The largest absolute Gasteiger partial charge is 0.573 e. The van der Waals surface area contributed by atoms with Crippen molar-refractivity contribution in [3.63, 3.8) is 0 Å². The van der Waals surface area contributed by atoms with Crippen LogP contribution in [0.3, 0.4) is 0 Å². The number of ether oxygens (including phenoxy) is 1. The lowest BCUT2D eigenvalue weighted by molar-refractivity contribution is -0.274. The summed E-state index contributed by atoms with van der Waals surface area (Å²) in [6, 6.07) is 6.40. The highest BCUT2D eigenvalue weighted by Gasteiger charge is 2.31. The zero-order valence-corrected chi connectivity index (χ0v) is 15.0. The molecule has 0 heterocycles. The van der Waals surface area contributed by atoms with Gasteiger partial charge in [-0.25, -0.2) is 0 Å². The van der Waals surface area contributed by atoms with Crippen LogP contribution in [0.2, 0.25) is 0 Å². The Kier molecular flexibility index (Phi) is 5.96. The molecule has 140 valence electrons. The highest BCUT2D eigenvalue weighted by molar-refractivity contribution is 5.27. The van der Waals surface area contributed by atoms with Gasteiger partial charge < -0.3 is 4.74 Å². The summed E-state index contributed by atoms with van der Waals surface area (Å²) in [4.78, 5) is 0. The van der Waals surface area contributed by atoms with Crippen molar-refractivity contribution in [2.24, 2.45) is 23.7 Å². The van der Waals surface area contributed by atoms with Crippen LogP contribution < -0.4 is 4.74 Å². The molecule has 2 saturated carbocycles. The van der Waals surface area contributed by atoms with Gasteiger partial charge >= 0.3 is 6.36 Å². The van der Waals surface area contributed by atoms with Crippen molar-refractivity contribution >= 4 is 0 Å². The van der Waals surface area contributed by atoms with Crippen LogP contribution in [0, 0.1) is 23.7 Å². The molecule has 0 spiro atoms. The first kappa shape index (κ1) is 18.6. The third-order valence-corrected chi connectivity index (χ3v) is 6.30. The fourth-order valence-electron chi connectivity index (χ4n) is 4.78. The van der Waals surface area contributed by atoms with E-state index in [1.54, 1.807) is 12.1 Å². The fraction of sp³-hybridized carbons (Fsp3) is 0.714.